The Bertz CT molecular complexity index is 1710. The van der Waals surface area contributed by atoms with Crippen LogP contribution in [-0.2, 0) is 12.9 Å². The van der Waals surface area contributed by atoms with Gasteiger partial charge in [0.2, 0.25) is 0 Å². The highest BCUT2D eigenvalue weighted by Gasteiger charge is 2.26. The van der Waals surface area contributed by atoms with Gasteiger partial charge in [-0.1, -0.05) is 5.16 Å². The molecule has 0 bridgehead atoms. The van der Waals surface area contributed by atoms with Gasteiger partial charge in [-0.05, 0) is 64.0 Å². The summed E-state index contributed by atoms with van der Waals surface area (Å²) < 4.78 is 124. The highest BCUT2D eigenvalue weighted by atomic mass is 19.1. The van der Waals surface area contributed by atoms with Crippen molar-refractivity contribution in [2.75, 3.05) is 19.6 Å². The predicted molar refractivity (Wildman–Crippen MR) is 114 cm³/mol. The molecule has 1 unspecified atom stereocenters. The largest absolute Gasteiger partial charge is 0.385 e. The number of nitrogens with zero attached hydrogens (tertiary/aromatic N) is 4. The van der Waals surface area contributed by atoms with Crippen LogP contribution in [0.25, 0.3) is 11.0 Å². The van der Waals surface area contributed by atoms with Crippen molar-refractivity contribution in [1.29, 1.82) is 0 Å². The number of hydrogen-bond acceptors (Lipinski definition) is 6. The molecule has 0 radical (unpaired) electrons. The Balaban J connectivity index is 1.44. The molecule has 5 rings (SSSR count). The van der Waals surface area contributed by atoms with E-state index in [4.69, 9.17) is 22.3 Å². The summed E-state index contributed by atoms with van der Waals surface area (Å²) in [5.74, 6) is -2.73. The molecule has 1 fully saturated rings. The van der Waals surface area contributed by atoms with E-state index in [1.54, 1.807) is 0 Å². The first-order valence-electron chi connectivity index (χ1n) is 16.3. The summed E-state index contributed by atoms with van der Waals surface area (Å²) in [4.78, 5) is 19.2. The summed E-state index contributed by atoms with van der Waals surface area (Å²) in [6, 6.07) is -1.84. The van der Waals surface area contributed by atoms with Crippen LogP contribution in [0.15, 0.2) is 27.4 Å². The van der Waals surface area contributed by atoms with Crippen LogP contribution in [0, 0.1) is 12.7 Å². The lowest BCUT2D eigenvalue weighted by atomic mass is 9.91. The van der Waals surface area contributed by atoms with Crippen molar-refractivity contribution in [2.45, 2.75) is 57.4 Å². The fourth-order valence-electron chi connectivity index (χ4n) is 3.98. The van der Waals surface area contributed by atoms with Gasteiger partial charge in [-0.25, -0.2) is 9.37 Å². The van der Waals surface area contributed by atoms with E-state index < -0.39 is 78.8 Å². The number of aliphatic hydroxyl groups is 1. The molecule has 4 heterocycles. The lowest BCUT2D eigenvalue weighted by molar-refractivity contribution is 0.129. The summed E-state index contributed by atoms with van der Waals surface area (Å²) in [7, 11) is 0. The molecule has 2 aromatic heterocycles. The van der Waals surface area contributed by atoms with Crippen LogP contribution in [0.5, 0.6) is 0 Å². The minimum Gasteiger partial charge on any atom is -0.385 e. The van der Waals surface area contributed by atoms with Crippen LogP contribution in [-0.4, -0.2) is 44.3 Å². The highest BCUT2D eigenvalue weighted by Crippen LogP contribution is 2.32. The Labute approximate surface area is 197 Å². The first kappa shape index (κ1) is 10.4. The van der Waals surface area contributed by atoms with Crippen LogP contribution in [0.4, 0.5) is 4.39 Å². The molecule has 2 aliphatic heterocycles. The van der Waals surface area contributed by atoms with Crippen molar-refractivity contribution < 1.29 is 31.8 Å². The Hall–Kier alpha value is -2.58. The normalized spacial score (nSPS) is 34.1. The number of hydrogen-bond donors (Lipinski definition) is 1. The van der Waals surface area contributed by atoms with Crippen molar-refractivity contribution >= 4 is 11.0 Å². The third-order valence-corrected chi connectivity index (χ3v) is 5.63. The van der Waals surface area contributed by atoms with Gasteiger partial charge in [0.1, 0.15) is 17.7 Å². The molecule has 1 N–H and O–H groups in total. The molecule has 2 aliphatic rings. The number of piperidine rings is 1. The summed E-state index contributed by atoms with van der Waals surface area (Å²) in [6.07, 6.45) is -10.3. The molecule has 0 saturated carbocycles. The van der Waals surface area contributed by atoms with Crippen LogP contribution in [0.2, 0.25) is 0 Å². The molecule has 164 valence electrons. The second-order valence-electron chi connectivity index (χ2n) is 7.44. The summed E-state index contributed by atoms with van der Waals surface area (Å²) in [5.41, 5.74) is -2.62. The van der Waals surface area contributed by atoms with Gasteiger partial charge in [-0.3, -0.25) is 9.36 Å². The van der Waals surface area contributed by atoms with Gasteiger partial charge in [-0.15, -0.1) is 0 Å². The van der Waals surface area contributed by atoms with Gasteiger partial charge in [0.05, 0.1) is 11.2 Å². The SMILES string of the molecule is [2H]c1c(F)c([2H])c2onc(C3CCN(CCc4c(C([2H])([2H])[2H])nc5n(c4=O)C([2H])([2H])C([2H])([2H])C([2H])([2H])C5([2H])O)CC3)c2c1[2H]. The first-order chi connectivity index (χ1) is 20.1. The summed E-state index contributed by atoms with van der Waals surface area (Å²) >= 11 is 0. The lowest BCUT2D eigenvalue weighted by Crippen LogP contribution is -2.37. The first-order valence-corrected chi connectivity index (χ1v) is 9.75. The number of aryl methyl sites for hydroxylation is 1. The van der Waals surface area contributed by atoms with E-state index in [-0.39, 0.29) is 34.4 Å². The molecular formula is C23H27FN4O3. The Morgan fingerprint density at radius 1 is 1.45 bits per heavy atom. The van der Waals surface area contributed by atoms with Gasteiger partial charge in [0.25, 0.3) is 5.56 Å². The Kier molecular flexibility index (Phi) is 2.73. The molecule has 3 aromatic rings. The molecule has 1 aromatic carbocycles. The quantitative estimate of drug-likeness (QED) is 0.673. The van der Waals surface area contributed by atoms with Gasteiger partial charge < -0.3 is 14.5 Å². The van der Waals surface area contributed by atoms with Gasteiger partial charge in [0, 0.05) is 54.0 Å². The fraction of sp³-hybridized carbons (Fsp3) is 0.522. The van der Waals surface area contributed by atoms with Gasteiger partial charge in [0.15, 0.2) is 5.58 Å². The van der Waals surface area contributed by atoms with E-state index in [0.717, 1.165) is 0 Å². The molecule has 8 heteroatoms. The molecule has 0 aliphatic carbocycles. The number of likely N-dealkylation sites (tertiary alicyclic amines) is 1. The minimum absolute atomic E-state index is 0.0379. The average molecular weight is 440 g/mol. The van der Waals surface area contributed by atoms with Gasteiger partial charge in [-0.2, -0.15) is 0 Å². The molecule has 1 atom stereocenters. The van der Waals surface area contributed by atoms with E-state index in [9.17, 15) is 14.3 Å². The lowest BCUT2D eigenvalue weighted by Gasteiger charge is -2.31. The molecule has 7 nitrogen and oxygen atoms in total. The summed E-state index contributed by atoms with van der Waals surface area (Å²) in [6.45, 7) is -5.74. The smallest absolute Gasteiger partial charge is 0.257 e. The summed E-state index contributed by atoms with van der Waals surface area (Å²) in [5, 5.41) is 14.7. The van der Waals surface area contributed by atoms with Crippen LogP contribution in [0.1, 0.15) is 78.2 Å². The maximum atomic E-state index is 14.1. The number of fused-ring (bicyclic) bond motifs is 2. The maximum Gasteiger partial charge on any atom is 0.257 e. The van der Waals surface area contributed by atoms with E-state index in [1.165, 1.54) is 0 Å². The van der Waals surface area contributed by atoms with E-state index in [2.05, 4.69) is 10.1 Å². The van der Waals surface area contributed by atoms with E-state index >= 15 is 0 Å². The highest BCUT2D eigenvalue weighted by molar-refractivity contribution is 5.79. The molecular weight excluding hydrogens is 399 g/mol. The van der Waals surface area contributed by atoms with Gasteiger partial charge >= 0.3 is 0 Å². The van der Waals surface area contributed by atoms with Crippen LogP contribution in [0.3, 0.4) is 0 Å². The van der Waals surface area contributed by atoms with Crippen molar-refractivity contribution in [3.05, 3.63) is 57.1 Å². The van der Waals surface area contributed by atoms with Crippen molar-refractivity contribution in [2.24, 2.45) is 0 Å². The monoisotopic (exact) mass is 439 g/mol. The Morgan fingerprint density at radius 3 is 3.10 bits per heavy atom. The topological polar surface area (TPSA) is 84.4 Å². The molecule has 0 amide bonds. The molecule has 0 spiro atoms. The predicted octanol–water partition coefficient (Wildman–Crippen LogP) is 3.08. The standard InChI is InChI=1S/C23H27FN4O3/c1-14-17(23(30)28-9-2-3-19(29)22(28)25-14)8-12-27-10-6-15(7-11-27)21-18-5-4-16(24)13-20(18)31-26-21/h4-5,13,15,19,29H,2-3,6-12H2,1H3/i1D3,2D2,3D2,4D,5D,9D2,13D,19D. The number of halogens is 1. The van der Waals surface area contributed by atoms with Crippen molar-refractivity contribution in [3.8, 4) is 0 Å². The van der Waals surface area contributed by atoms with E-state index in [0.29, 0.717) is 31.6 Å². The second-order valence-corrected chi connectivity index (χ2v) is 7.44. The number of rotatable bonds is 4. The zero-order valence-electron chi connectivity index (χ0n) is 29.3. The van der Waals surface area contributed by atoms with Crippen LogP contribution < -0.4 is 5.56 Å². The third-order valence-electron chi connectivity index (χ3n) is 5.63. The van der Waals surface area contributed by atoms with Crippen LogP contribution >= 0.6 is 0 Å². The zero-order valence-corrected chi connectivity index (χ0v) is 16.3. The van der Waals surface area contributed by atoms with Crippen molar-refractivity contribution in [3.63, 3.8) is 0 Å². The Morgan fingerprint density at radius 2 is 2.29 bits per heavy atom. The van der Waals surface area contributed by atoms with E-state index in [1.807, 2.05) is 4.90 Å². The van der Waals surface area contributed by atoms with Crippen molar-refractivity contribution in [1.82, 2.24) is 19.6 Å². The minimum atomic E-state index is -3.63. The maximum absolute atomic E-state index is 14.1. The second kappa shape index (κ2) is 8.16. The molecule has 31 heavy (non-hydrogen) atoms. The fourth-order valence-corrected chi connectivity index (χ4v) is 3.98. The average Bonchev–Trinajstić information content (AvgIpc) is 3.38. The zero-order chi connectivity index (χ0) is 32.9. The number of aromatic nitrogens is 3. The third kappa shape index (κ3) is 3.78. The molecule has 1 saturated heterocycles. The number of benzene rings is 1.